The van der Waals surface area contributed by atoms with Crippen LogP contribution in [0.1, 0.15) is 52.4 Å². The number of esters is 2. The lowest BCUT2D eigenvalue weighted by Crippen LogP contribution is -2.10. The van der Waals surface area contributed by atoms with Gasteiger partial charge in [0.25, 0.3) is 0 Å². The van der Waals surface area contributed by atoms with Crippen molar-refractivity contribution in [1.82, 2.24) is 4.98 Å². The lowest BCUT2D eigenvalue weighted by molar-refractivity contribution is 0.0518. The zero-order valence-corrected chi connectivity index (χ0v) is 11.3. The maximum atomic E-state index is 11.8. The van der Waals surface area contributed by atoms with Crippen LogP contribution in [0.5, 0.6) is 0 Å². The maximum Gasteiger partial charge on any atom is 0.355 e. The molecule has 1 rings (SSSR count). The van der Waals surface area contributed by atoms with Gasteiger partial charge in [0.15, 0.2) is 0 Å². The van der Waals surface area contributed by atoms with Crippen LogP contribution in [0, 0.1) is 6.92 Å². The number of H-pyrrole nitrogens is 1. The highest BCUT2D eigenvalue weighted by Gasteiger charge is 2.25. The SMILES string of the molecule is CCCc1c(C(=O)OCC)[nH]c(C)c1C(=O)OC. The van der Waals surface area contributed by atoms with Gasteiger partial charge in [0, 0.05) is 5.69 Å². The Balaban J connectivity index is 3.27. The molecule has 0 amide bonds. The zero-order valence-electron chi connectivity index (χ0n) is 11.3. The highest BCUT2D eigenvalue weighted by atomic mass is 16.5. The third-order valence-electron chi connectivity index (χ3n) is 2.66. The van der Waals surface area contributed by atoms with E-state index in [1.165, 1.54) is 7.11 Å². The molecule has 0 aliphatic heterocycles. The predicted octanol–water partition coefficient (Wildman–Crippen LogP) is 2.24. The van der Waals surface area contributed by atoms with Crippen LogP contribution in [0.3, 0.4) is 0 Å². The smallest absolute Gasteiger partial charge is 0.355 e. The van der Waals surface area contributed by atoms with E-state index in [0.29, 0.717) is 35.5 Å². The van der Waals surface area contributed by atoms with Gasteiger partial charge in [-0.2, -0.15) is 0 Å². The van der Waals surface area contributed by atoms with E-state index in [1.807, 2.05) is 6.92 Å². The first kappa shape index (κ1) is 14.3. The second-order valence-corrected chi connectivity index (χ2v) is 3.94. The van der Waals surface area contributed by atoms with Gasteiger partial charge < -0.3 is 14.5 Å². The summed E-state index contributed by atoms with van der Waals surface area (Å²) >= 11 is 0. The van der Waals surface area contributed by atoms with Crippen LogP contribution in [0.2, 0.25) is 0 Å². The molecule has 0 aliphatic carbocycles. The van der Waals surface area contributed by atoms with Crippen molar-refractivity contribution in [2.45, 2.75) is 33.6 Å². The number of carbonyl (C=O) groups excluding carboxylic acids is 2. The molecule has 5 nitrogen and oxygen atoms in total. The summed E-state index contributed by atoms with van der Waals surface area (Å²) in [4.78, 5) is 26.5. The fourth-order valence-corrected chi connectivity index (χ4v) is 1.93. The first-order chi connectivity index (χ1) is 8.56. The van der Waals surface area contributed by atoms with Gasteiger partial charge in [-0.05, 0) is 25.8 Å². The lowest BCUT2D eigenvalue weighted by atomic mass is 10.0. The van der Waals surface area contributed by atoms with Gasteiger partial charge in [0.2, 0.25) is 0 Å². The molecule has 0 bridgehead atoms. The molecular formula is C13H19NO4. The highest BCUT2D eigenvalue weighted by Crippen LogP contribution is 2.22. The molecule has 1 aromatic rings. The summed E-state index contributed by atoms with van der Waals surface area (Å²) in [7, 11) is 1.33. The minimum absolute atomic E-state index is 0.302. The van der Waals surface area contributed by atoms with Crippen molar-refractivity contribution in [3.8, 4) is 0 Å². The quantitative estimate of drug-likeness (QED) is 0.817. The summed E-state index contributed by atoms with van der Waals surface area (Å²) < 4.78 is 9.72. The van der Waals surface area contributed by atoms with E-state index < -0.39 is 11.9 Å². The van der Waals surface area contributed by atoms with E-state index in [-0.39, 0.29) is 0 Å². The Kier molecular flexibility index (Phi) is 4.95. The van der Waals surface area contributed by atoms with Crippen LogP contribution < -0.4 is 0 Å². The van der Waals surface area contributed by atoms with Crippen molar-refractivity contribution in [1.29, 1.82) is 0 Å². The molecule has 0 aliphatic rings. The number of ether oxygens (including phenoxy) is 2. The van der Waals surface area contributed by atoms with E-state index in [1.54, 1.807) is 13.8 Å². The van der Waals surface area contributed by atoms with E-state index in [9.17, 15) is 9.59 Å². The number of aromatic nitrogens is 1. The molecule has 1 heterocycles. The zero-order chi connectivity index (χ0) is 13.7. The minimum Gasteiger partial charge on any atom is -0.465 e. The molecule has 0 saturated carbocycles. The first-order valence-electron chi connectivity index (χ1n) is 6.03. The van der Waals surface area contributed by atoms with Crippen LogP contribution in [0.15, 0.2) is 0 Å². The van der Waals surface area contributed by atoms with Gasteiger partial charge >= 0.3 is 11.9 Å². The third-order valence-corrected chi connectivity index (χ3v) is 2.66. The molecule has 0 saturated heterocycles. The van der Waals surface area contributed by atoms with Gasteiger partial charge in [0.05, 0.1) is 19.3 Å². The molecule has 0 unspecified atom stereocenters. The Bertz CT molecular complexity index is 448. The number of nitrogens with one attached hydrogen (secondary N) is 1. The number of hydrogen-bond acceptors (Lipinski definition) is 4. The topological polar surface area (TPSA) is 68.4 Å². The lowest BCUT2D eigenvalue weighted by Gasteiger charge is -2.05. The number of hydrogen-bond donors (Lipinski definition) is 1. The summed E-state index contributed by atoms with van der Waals surface area (Å²) in [6.45, 7) is 5.77. The monoisotopic (exact) mass is 253 g/mol. The second kappa shape index (κ2) is 6.23. The molecule has 100 valence electrons. The fourth-order valence-electron chi connectivity index (χ4n) is 1.93. The summed E-state index contributed by atoms with van der Waals surface area (Å²) in [6, 6.07) is 0. The Morgan fingerprint density at radius 2 is 1.89 bits per heavy atom. The largest absolute Gasteiger partial charge is 0.465 e. The molecular weight excluding hydrogens is 234 g/mol. The number of aromatic amines is 1. The van der Waals surface area contributed by atoms with Crippen LogP contribution in [-0.2, 0) is 15.9 Å². The summed E-state index contributed by atoms with van der Waals surface area (Å²) in [5.41, 5.74) is 2.12. The van der Waals surface area contributed by atoms with Crippen molar-refractivity contribution in [3.05, 3.63) is 22.5 Å². The molecule has 0 aromatic carbocycles. The number of rotatable bonds is 5. The first-order valence-corrected chi connectivity index (χ1v) is 6.03. The van der Waals surface area contributed by atoms with E-state index in [0.717, 1.165) is 6.42 Å². The van der Waals surface area contributed by atoms with Crippen LogP contribution in [-0.4, -0.2) is 30.6 Å². The van der Waals surface area contributed by atoms with Gasteiger partial charge in [-0.25, -0.2) is 9.59 Å². The Morgan fingerprint density at radius 3 is 2.39 bits per heavy atom. The average Bonchev–Trinajstić information content (AvgIpc) is 2.66. The number of aryl methyl sites for hydroxylation is 1. The summed E-state index contributed by atoms with van der Waals surface area (Å²) in [6.07, 6.45) is 1.45. The van der Waals surface area contributed by atoms with Crippen molar-refractivity contribution in [2.24, 2.45) is 0 Å². The van der Waals surface area contributed by atoms with Gasteiger partial charge in [-0.1, -0.05) is 13.3 Å². The van der Waals surface area contributed by atoms with Gasteiger partial charge in [0.1, 0.15) is 5.69 Å². The van der Waals surface area contributed by atoms with Crippen molar-refractivity contribution < 1.29 is 19.1 Å². The van der Waals surface area contributed by atoms with Crippen LogP contribution in [0.4, 0.5) is 0 Å². The molecule has 1 N–H and O–H groups in total. The molecule has 0 radical (unpaired) electrons. The van der Waals surface area contributed by atoms with Gasteiger partial charge in [-0.3, -0.25) is 0 Å². The summed E-state index contributed by atoms with van der Waals surface area (Å²) in [5.74, 6) is -0.859. The Labute approximate surface area is 106 Å². The fraction of sp³-hybridized carbons (Fsp3) is 0.538. The van der Waals surface area contributed by atoms with Crippen molar-refractivity contribution in [3.63, 3.8) is 0 Å². The summed E-state index contributed by atoms with van der Waals surface area (Å²) in [5, 5.41) is 0. The predicted molar refractivity (Wildman–Crippen MR) is 66.8 cm³/mol. The van der Waals surface area contributed by atoms with Crippen LogP contribution in [0.25, 0.3) is 0 Å². The maximum absolute atomic E-state index is 11.8. The van der Waals surface area contributed by atoms with Crippen molar-refractivity contribution in [2.75, 3.05) is 13.7 Å². The highest BCUT2D eigenvalue weighted by molar-refractivity contribution is 5.98. The van der Waals surface area contributed by atoms with Crippen LogP contribution >= 0.6 is 0 Å². The molecule has 0 fully saturated rings. The second-order valence-electron chi connectivity index (χ2n) is 3.94. The molecule has 5 heteroatoms. The molecule has 18 heavy (non-hydrogen) atoms. The normalized spacial score (nSPS) is 10.2. The minimum atomic E-state index is -0.431. The average molecular weight is 253 g/mol. The molecule has 0 spiro atoms. The van der Waals surface area contributed by atoms with E-state index >= 15 is 0 Å². The Hall–Kier alpha value is -1.78. The third kappa shape index (κ3) is 2.72. The van der Waals surface area contributed by atoms with Gasteiger partial charge in [-0.15, -0.1) is 0 Å². The number of carbonyl (C=O) groups is 2. The molecule has 0 atom stereocenters. The van der Waals surface area contributed by atoms with Crippen molar-refractivity contribution >= 4 is 11.9 Å². The molecule has 1 aromatic heterocycles. The van der Waals surface area contributed by atoms with E-state index in [4.69, 9.17) is 9.47 Å². The van der Waals surface area contributed by atoms with E-state index in [2.05, 4.69) is 4.98 Å². The Morgan fingerprint density at radius 1 is 1.22 bits per heavy atom. The standard InChI is InChI=1S/C13H19NO4/c1-5-7-9-10(12(15)17-4)8(3)14-11(9)13(16)18-6-2/h14H,5-7H2,1-4H3. The number of methoxy groups -OCH3 is 1.